The van der Waals surface area contributed by atoms with Crippen LogP contribution < -0.4 is 0 Å². The maximum absolute atomic E-state index is 5.74. The van der Waals surface area contributed by atoms with E-state index in [0.717, 1.165) is 19.7 Å². The molecule has 0 radical (unpaired) electrons. The van der Waals surface area contributed by atoms with Crippen molar-refractivity contribution in [3.05, 3.63) is 21.9 Å². The van der Waals surface area contributed by atoms with Gasteiger partial charge in [0.25, 0.3) is 0 Å². The maximum atomic E-state index is 5.74. The van der Waals surface area contributed by atoms with Crippen LogP contribution in [0.15, 0.2) is 12.1 Å². The minimum absolute atomic E-state index is 0.506. The highest BCUT2D eigenvalue weighted by Crippen LogP contribution is 2.20. The van der Waals surface area contributed by atoms with Gasteiger partial charge in [0.05, 0.1) is 6.10 Å². The molecule has 1 atom stereocenters. The fraction of sp³-hybridized carbons (Fsp3) is 0.750. The molecule has 2 saturated heterocycles. The molecule has 2 fully saturated rings. The van der Waals surface area contributed by atoms with E-state index in [1.54, 1.807) is 0 Å². The third-order valence-corrected chi connectivity index (χ3v) is 5.61. The summed E-state index contributed by atoms with van der Waals surface area (Å²) in [4.78, 5) is 8.21. The molecule has 4 heteroatoms. The number of rotatable bonds is 5. The molecule has 3 rings (SSSR count). The summed E-state index contributed by atoms with van der Waals surface area (Å²) >= 11 is 1.98. The van der Waals surface area contributed by atoms with Crippen LogP contribution in [0.5, 0.6) is 0 Å². The maximum Gasteiger partial charge on any atom is 0.0702 e. The lowest BCUT2D eigenvalue weighted by Crippen LogP contribution is -2.47. The fourth-order valence-corrected chi connectivity index (χ4v) is 4.12. The minimum Gasteiger partial charge on any atom is -0.377 e. The van der Waals surface area contributed by atoms with Crippen LogP contribution in [0.2, 0.25) is 0 Å². The molecule has 0 aromatic carbocycles. The molecular formula is C16H26N2OS. The van der Waals surface area contributed by atoms with Crippen LogP contribution in [0.1, 0.15) is 29.5 Å². The second kappa shape index (κ2) is 7.03. The summed E-state index contributed by atoms with van der Waals surface area (Å²) in [5.74, 6) is 0. The van der Waals surface area contributed by atoms with Gasteiger partial charge >= 0.3 is 0 Å². The number of thiophene rings is 1. The van der Waals surface area contributed by atoms with Crippen molar-refractivity contribution in [2.45, 2.75) is 38.8 Å². The van der Waals surface area contributed by atoms with E-state index in [2.05, 4.69) is 28.9 Å². The predicted octanol–water partition coefficient (Wildman–Crippen LogP) is 2.61. The molecule has 1 aromatic rings. The van der Waals surface area contributed by atoms with Gasteiger partial charge < -0.3 is 4.74 Å². The first kappa shape index (κ1) is 14.5. The number of ether oxygens (including phenoxy) is 1. The van der Waals surface area contributed by atoms with Crippen LogP contribution in [-0.2, 0) is 17.7 Å². The Labute approximate surface area is 126 Å². The average molecular weight is 294 g/mol. The summed E-state index contributed by atoms with van der Waals surface area (Å²) in [6.07, 6.45) is 4.18. The molecule has 112 valence electrons. The van der Waals surface area contributed by atoms with E-state index in [0.29, 0.717) is 6.10 Å². The van der Waals surface area contributed by atoms with Crippen LogP contribution in [-0.4, -0.2) is 55.2 Å². The van der Waals surface area contributed by atoms with E-state index in [9.17, 15) is 0 Å². The van der Waals surface area contributed by atoms with Crippen molar-refractivity contribution in [2.24, 2.45) is 0 Å². The summed E-state index contributed by atoms with van der Waals surface area (Å²) in [5, 5.41) is 0. The Morgan fingerprint density at radius 3 is 2.55 bits per heavy atom. The summed E-state index contributed by atoms with van der Waals surface area (Å²) in [6.45, 7) is 10.3. The van der Waals surface area contributed by atoms with Gasteiger partial charge in [0.2, 0.25) is 0 Å². The van der Waals surface area contributed by atoms with Gasteiger partial charge in [-0.3, -0.25) is 9.80 Å². The van der Waals surface area contributed by atoms with Crippen LogP contribution in [0, 0.1) is 0 Å². The van der Waals surface area contributed by atoms with Crippen molar-refractivity contribution in [3.63, 3.8) is 0 Å². The first-order valence-electron chi connectivity index (χ1n) is 7.97. The Bertz CT molecular complexity index is 406. The zero-order valence-corrected chi connectivity index (χ0v) is 13.3. The zero-order valence-electron chi connectivity index (χ0n) is 12.5. The molecule has 2 aliphatic heterocycles. The summed E-state index contributed by atoms with van der Waals surface area (Å²) < 4.78 is 5.74. The number of hydrogen-bond donors (Lipinski definition) is 0. The molecule has 0 spiro atoms. The molecule has 20 heavy (non-hydrogen) atoms. The van der Waals surface area contributed by atoms with Crippen molar-refractivity contribution in [1.29, 1.82) is 0 Å². The highest BCUT2D eigenvalue weighted by atomic mass is 32.1. The highest BCUT2D eigenvalue weighted by molar-refractivity contribution is 7.11. The van der Waals surface area contributed by atoms with Crippen molar-refractivity contribution >= 4 is 11.3 Å². The number of nitrogens with zero attached hydrogens (tertiary/aromatic N) is 2. The second-order valence-electron chi connectivity index (χ2n) is 5.93. The van der Waals surface area contributed by atoms with Crippen molar-refractivity contribution < 1.29 is 4.74 Å². The van der Waals surface area contributed by atoms with Gasteiger partial charge in [-0.2, -0.15) is 0 Å². The SMILES string of the molecule is CCc1ccc(CN2CCN(CC3CCCO3)CC2)s1. The van der Waals surface area contributed by atoms with E-state index in [1.807, 2.05) is 11.3 Å². The Balaban J connectivity index is 1.41. The molecule has 3 nitrogen and oxygen atoms in total. The predicted molar refractivity (Wildman–Crippen MR) is 84.4 cm³/mol. The van der Waals surface area contributed by atoms with Gasteiger partial charge in [0.1, 0.15) is 0 Å². The monoisotopic (exact) mass is 294 g/mol. The lowest BCUT2D eigenvalue weighted by atomic mass is 10.2. The van der Waals surface area contributed by atoms with Gasteiger partial charge in [-0.05, 0) is 31.4 Å². The smallest absolute Gasteiger partial charge is 0.0702 e. The lowest BCUT2D eigenvalue weighted by molar-refractivity contribution is 0.0491. The summed E-state index contributed by atoms with van der Waals surface area (Å²) in [7, 11) is 0. The van der Waals surface area contributed by atoms with E-state index < -0.39 is 0 Å². The standard InChI is InChI=1S/C16H26N2OS/c1-2-15-5-6-16(20-15)13-18-9-7-17(8-10-18)12-14-4-3-11-19-14/h5-6,14H,2-4,7-13H2,1H3. The summed E-state index contributed by atoms with van der Waals surface area (Å²) in [6, 6.07) is 4.59. The van der Waals surface area contributed by atoms with E-state index >= 15 is 0 Å². The Morgan fingerprint density at radius 2 is 1.90 bits per heavy atom. The van der Waals surface area contributed by atoms with Gasteiger partial charge in [-0.1, -0.05) is 6.92 Å². The Kier molecular flexibility index (Phi) is 5.10. The van der Waals surface area contributed by atoms with Crippen LogP contribution in [0.25, 0.3) is 0 Å². The van der Waals surface area contributed by atoms with Crippen molar-refractivity contribution in [1.82, 2.24) is 9.80 Å². The van der Waals surface area contributed by atoms with Crippen LogP contribution >= 0.6 is 11.3 Å². The topological polar surface area (TPSA) is 15.7 Å². The molecule has 0 aliphatic carbocycles. The first-order valence-corrected chi connectivity index (χ1v) is 8.79. The molecule has 2 aliphatic rings. The zero-order chi connectivity index (χ0) is 13.8. The van der Waals surface area contributed by atoms with Crippen LogP contribution in [0.3, 0.4) is 0 Å². The van der Waals surface area contributed by atoms with E-state index in [4.69, 9.17) is 4.74 Å². The lowest BCUT2D eigenvalue weighted by Gasteiger charge is -2.35. The average Bonchev–Trinajstić information content (AvgIpc) is 3.12. The van der Waals surface area contributed by atoms with Gasteiger partial charge in [-0.25, -0.2) is 0 Å². The minimum atomic E-state index is 0.506. The second-order valence-corrected chi connectivity index (χ2v) is 7.19. The van der Waals surface area contributed by atoms with Crippen molar-refractivity contribution in [3.8, 4) is 0 Å². The normalized spacial score (nSPS) is 25.4. The Hall–Kier alpha value is -0.420. The molecular weight excluding hydrogens is 268 g/mol. The van der Waals surface area contributed by atoms with E-state index in [1.165, 1.54) is 55.2 Å². The third kappa shape index (κ3) is 3.82. The quantitative estimate of drug-likeness (QED) is 0.830. The fourth-order valence-electron chi connectivity index (χ4n) is 3.12. The molecule has 0 N–H and O–H groups in total. The highest BCUT2D eigenvalue weighted by Gasteiger charge is 2.22. The molecule has 1 aromatic heterocycles. The molecule has 0 bridgehead atoms. The van der Waals surface area contributed by atoms with Crippen LogP contribution in [0.4, 0.5) is 0 Å². The summed E-state index contributed by atoms with van der Waals surface area (Å²) in [5.41, 5.74) is 0. The number of piperazine rings is 1. The molecule has 0 amide bonds. The Morgan fingerprint density at radius 1 is 1.15 bits per heavy atom. The van der Waals surface area contributed by atoms with Crippen molar-refractivity contribution in [2.75, 3.05) is 39.3 Å². The molecule has 3 heterocycles. The molecule has 0 saturated carbocycles. The van der Waals surface area contributed by atoms with Gasteiger partial charge in [-0.15, -0.1) is 11.3 Å². The molecule has 1 unspecified atom stereocenters. The third-order valence-electron chi connectivity index (χ3n) is 4.40. The van der Waals surface area contributed by atoms with E-state index in [-0.39, 0.29) is 0 Å². The largest absolute Gasteiger partial charge is 0.377 e. The van der Waals surface area contributed by atoms with Gasteiger partial charge in [0, 0.05) is 55.6 Å². The van der Waals surface area contributed by atoms with Gasteiger partial charge in [0.15, 0.2) is 0 Å². The number of aryl methyl sites for hydroxylation is 1. The number of hydrogen-bond acceptors (Lipinski definition) is 4. The first-order chi connectivity index (χ1) is 9.83.